The average molecular weight is 570 g/mol. The Morgan fingerprint density at radius 3 is 2.54 bits per heavy atom. The summed E-state index contributed by atoms with van der Waals surface area (Å²) in [7, 11) is 5.45. The van der Waals surface area contributed by atoms with Crippen LogP contribution in [-0.2, 0) is 14.3 Å². The Labute approximate surface area is 238 Å². The summed E-state index contributed by atoms with van der Waals surface area (Å²) in [6.07, 6.45) is 1.39. The number of ketones is 1. The van der Waals surface area contributed by atoms with Crippen LogP contribution in [0.25, 0.3) is 0 Å². The molecule has 3 fully saturated rings. The monoisotopic (exact) mass is 569 g/mol. The first-order valence-electron chi connectivity index (χ1n) is 14.4. The molecule has 0 aromatic rings. The van der Waals surface area contributed by atoms with Gasteiger partial charge in [-0.1, -0.05) is 0 Å². The summed E-state index contributed by atoms with van der Waals surface area (Å²) in [4.78, 5) is 30.5. The van der Waals surface area contributed by atoms with Gasteiger partial charge in [0.1, 0.15) is 17.4 Å². The van der Waals surface area contributed by atoms with E-state index in [-0.39, 0.29) is 28.6 Å². The topological polar surface area (TPSA) is 196 Å². The second-order valence-electron chi connectivity index (χ2n) is 12.7. The van der Waals surface area contributed by atoms with Crippen molar-refractivity contribution in [2.75, 3.05) is 40.8 Å². The van der Waals surface area contributed by atoms with Gasteiger partial charge >= 0.3 is 0 Å². The molecule has 12 nitrogen and oxygen atoms in total. The van der Waals surface area contributed by atoms with Gasteiger partial charge in [0.25, 0.3) is 0 Å². The maximum atomic E-state index is 14.0. The molecule has 222 valence electrons. The number of allylic oxidation sites excluding steroid dienone is 4. The van der Waals surface area contributed by atoms with Crippen molar-refractivity contribution in [3.8, 4) is 6.07 Å². The fraction of sp³-hybridized carbons (Fsp3) is 0.690. The summed E-state index contributed by atoms with van der Waals surface area (Å²) in [6, 6.07) is 1.60. The number of amides is 1. The number of primary amides is 1. The Balaban J connectivity index is 1.42. The molecule has 8 atom stereocenters. The van der Waals surface area contributed by atoms with Gasteiger partial charge in [-0.2, -0.15) is 5.26 Å². The number of Topliss-reactive ketones (excluding diaryl/α,β-unsaturated/α-hetero) is 1. The number of fused-ring (bicyclic) bond motifs is 2. The van der Waals surface area contributed by atoms with Gasteiger partial charge < -0.3 is 46.0 Å². The van der Waals surface area contributed by atoms with E-state index >= 15 is 0 Å². The third-order valence-corrected chi connectivity index (χ3v) is 10.5. The van der Waals surface area contributed by atoms with Crippen molar-refractivity contribution < 1.29 is 34.8 Å². The fourth-order valence-electron chi connectivity index (χ4n) is 8.50. The molecule has 0 aromatic heterocycles. The molecule has 12 heteroatoms. The molecule has 0 aromatic carbocycles. The van der Waals surface area contributed by atoms with Gasteiger partial charge in [-0.25, -0.2) is 0 Å². The summed E-state index contributed by atoms with van der Waals surface area (Å²) in [5.74, 6) is -7.04. The lowest BCUT2D eigenvalue weighted by atomic mass is 9.57. The number of likely N-dealkylation sites (N-methyl/N-ethyl adjacent to an activating group) is 1. The van der Waals surface area contributed by atoms with Crippen LogP contribution in [0.2, 0.25) is 0 Å². The van der Waals surface area contributed by atoms with E-state index < -0.39 is 58.9 Å². The predicted octanol–water partition coefficient (Wildman–Crippen LogP) is -0.188. The maximum absolute atomic E-state index is 14.0. The predicted molar refractivity (Wildman–Crippen MR) is 144 cm³/mol. The van der Waals surface area contributed by atoms with E-state index in [0.29, 0.717) is 25.8 Å². The summed E-state index contributed by atoms with van der Waals surface area (Å²) in [5.41, 5.74) is 5.84. The summed E-state index contributed by atoms with van der Waals surface area (Å²) >= 11 is 0. The van der Waals surface area contributed by atoms with E-state index in [9.17, 15) is 35.3 Å². The molecular formula is C29H39N5O7. The van der Waals surface area contributed by atoms with Crippen molar-refractivity contribution in [1.29, 1.82) is 5.26 Å². The number of hydrogen-bond donors (Lipinski definition) is 6. The van der Waals surface area contributed by atoms with Crippen LogP contribution in [0.15, 0.2) is 33.9 Å². The van der Waals surface area contributed by atoms with Crippen molar-refractivity contribution in [1.82, 2.24) is 15.1 Å². The third-order valence-electron chi connectivity index (χ3n) is 10.5. The van der Waals surface area contributed by atoms with Crippen molar-refractivity contribution in [3.63, 3.8) is 0 Å². The van der Waals surface area contributed by atoms with E-state index in [2.05, 4.69) is 16.3 Å². The van der Waals surface area contributed by atoms with Gasteiger partial charge in [0.05, 0.1) is 17.7 Å². The van der Waals surface area contributed by atoms with Gasteiger partial charge in [0.2, 0.25) is 11.7 Å². The molecule has 7 N–H and O–H groups in total. The fourth-order valence-corrected chi connectivity index (χ4v) is 8.50. The number of carbonyl (C=O) groups excluding carboxylic acids is 2. The Kier molecular flexibility index (Phi) is 6.56. The number of nitrogens with one attached hydrogen (secondary N) is 1. The van der Waals surface area contributed by atoms with Gasteiger partial charge in [-0.3, -0.25) is 9.59 Å². The number of piperidine rings is 1. The number of nitrogens with zero attached hydrogens (tertiary/aromatic N) is 3. The molecule has 2 aliphatic heterocycles. The SMILES string of the molecule is CN[C@@H]1C(O)C(C(N)=O)C2(O)OC23C(O)=C2C(O)=C4C(=O)C(CN5CCC(C#N)CC5)CC(N(C)C)=C4C[C@H]2CC13. The first-order valence-corrected chi connectivity index (χ1v) is 14.4. The highest BCUT2D eigenvalue weighted by Crippen LogP contribution is 2.69. The molecule has 6 unspecified atom stereocenters. The van der Waals surface area contributed by atoms with Gasteiger partial charge in [-0.15, -0.1) is 0 Å². The summed E-state index contributed by atoms with van der Waals surface area (Å²) < 4.78 is 5.78. The Morgan fingerprint density at radius 1 is 1.27 bits per heavy atom. The van der Waals surface area contributed by atoms with Crippen molar-refractivity contribution in [2.45, 2.75) is 55.6 Å². The molecule has 4 aliphatic carbocycles. The molecule has 1 saturated carbocycles. The number of rotatable bonds is 5. The van der Waals surface area contributed by atoms with E-state index in [4.69, 9.17) is 10.5 Å². The minimum Gasteiger partial charge on any atom is -0.509 e. The summed E-state index contributed by atoms with van der Waals surface area (Å²) in [6.45, 7) is 1.96. The van der Waals surface area contributed by atoms with E-state index in [1.54, 1.807) is 7.05 Å². The number of aliphatic hydroxyl groups is 4. The standard InChI is InChI=1S/C29H39N5O7/c1-32-22-17-9-14-8-16-18(33(2)3)10-15(12-34-6-4-13(11-30)5-7-34)23(35)20(16)24(36)19(14)26(38)28(17)29(40,41-28)21(25(22)37)27(31)39/h13-15,17,21-22,25,32,36-38,40H,4-10,12H2,1-3H3,(H2,31,39)/t14-,15?,17?,21?,22-,25?,28?,29?/m0/s1. The minimum absolute atomic E-state index is 0.0319. The Bertz CT molecular complexity index is 1320. The van der Waals surface area contributed by atoms with Crippen LogP contribution in [0.5, 0.6) is 0 Å². The van der Waals surface area contributed by atoms with Crippen LogP contribution in [0.1, 0.15) is 32.1 Å². The molecule has 0 radical (unpaired) electrons. The molecule has 6 aliphatic rings. The molecule has 0 bridgehead atoms. The number of nitriles is 1. The average Bonchev–Trinajstić information content (AvgIpc) is 3.55. The number of aliphatic hydroxyl groups excluding tert-OH is 3. The largest absolute Gasteiger partial charge is 0.509 e. The zero-order valence-electron chi connectivity index (χ0n) is 23.6. The normalized spacial score (nSPS) is 40.8. The van der Waals surface area contributed by atoms with Crippen LogP contribution < -0.4 is 11.1 Å². The highest BCUT2D eigenvalue weighted by atomic mass is 16.8. The highest BCUT2D eigenvalue weighted by Gasteiger charge is 2.86. The van der Waals surface area contributed by atoms with Gasteiger partial charge in [0.15, 0.2) is 11.4 Å². The Morgan fingerprint density at radius 2 is 1.95 bits per heavy atom. The van der Waals surface area contributed by atoms with Crippen LogP contribution in [0, 0.1) is 40.9 Å². The lowest BCUT2D eigenvalue weighted by Crippen LogP contribution is -2.66. The lowest BCUT2D eigenvalue weighted by Gasteiger charge is -2.48. The molecule has 2 heterocycles. The zero-order chi connectivity index (χ0) is 29.6. The first-order chi connectivity index (χ1) is 19.4. The third kappa shape index (κ3) is 3.76. The highest BCUT2D eigenvalue weighted by molar-refractivity contribution is 6.04. The van der Waals surface area contributed by atoms with E-state index in [1.807, 2.05) is 19.0 Å². The second-order valence-corrected chi connectivity index (χ2v) is 12.7. The lowest BCUT2D eigenvalue weighted by molar-refractivity contribution is -0.148. The second kappa shape index (κ2) is 9.54. The number of carbonyl (C=O) groups is 2. The zero-order valence-corrected chi connectivity index (χ0v) is 23.6. The van der Waals surface area contributed by atoms with E-state index in [0.717, 1.165) is 37.2 Å². The number of ether oxygens (including phenoxy) is 1. The van der Waals surface area contributed by atoms with Gasteiger partial charge in [0, 0.05) is 55.7 Å². The maximum Gasteiger partial charge on any atom is 0.228 e. The number of likely N-dealkylation sites (tertiary alicyclic amines) is 1. The summed E-state index contributed by atoms with van der Waals surface area (Å²) in [5, 5.41) is 58.2. The number of hydrogen-bond acceptors (Lipinski definition) is 11. The molecule has 1 spiro atoms. The van der Waals surface area contributed by atoms with Crippen LogP contribution in [0.4, 0.5) is 0 Å². The number of epoxide rings is 1. The van der Waals surface area contributed by atoms with Crippen LogP contribution in [0.3, 0.4) is 0 Å². The van der Waals surface area contributed by atoms with Crippen molar-refractivity contribution in [2.24, 2.45) is 35.3 Å². The molecule has 41 heavy (non-hydrogen) atoms. The molecular weight excluding hydrogens is 530 g/mol. The quantitative estimate of drug-likeness (QED) is 0.240. The van der Waals surface area contributed by atoms with Crippen molar-refractivity contribution >= 4 is 11.7 Å². The van der Waals surface area contributed by atoms with E-state index in [1.165, 1.54) is 0 Å². The Hall–Kier alpha value is -2.95. The first kappa shape index (κ1) is 28.2. The minimum atomic E-state index is -2.23. The molecule has 1 amide bonds. The number of nitrogens with two attached hydrogens (primary N) is 1. The van der Waals surface area contributed by atoms with Crippen molar-refractivity contribution in [3.05, 3.63) is 33.9 Å². The molecule has 6 rings (SSSR count). The van der Waals surface area contributed by atoms with Crippen LogP contribution >= 0.6 is 0 Å². The van der Waals surface area contributed by atoms with Gasteiger partial charge in [-0.05, 0) is 63.7 Å². The molecule has 2 saturated heterocycles. The van der Waals surface area contributed by atoms with Crippen LogP contribution in [-0.4, -0.2) is 106 Å². The smallest absolute Gasteiger partial charge is 0.228 e.